The Balaban J connectivity index is 2.33. The van der Waals surface area contributed by atoms with E-state index in [-0.39, 0.29) is 22.3 Å². The minimum Gasteiger partial charge on any atom is -0.456 e. The highest BCUT2D eigenvalue weighted by atomic mass is 19.4. The number of para-hydroxylation sites is 1. The molecule has 1 aromatic heterocycles. The molecule has 0 amide bonds. The van der Waals surface area contributed by atoms with Gasteiger partial charge >= 0.3 is 6.18 Å². The minimum atomic E-state index is -4.49. The summed E-state index contributed by atoms with van der Waals surface area (Å²) >= 11 is 0. The third-order valence-electron chi connectivity index (χ3n) is 3.31. The lowest BCUT2D eigenvalue weighted by molar-refractivity contribution is -0.127. The van der Waals surface area contributed by atoms with E-state index < -0.39 is 18.0 Å². The van der Waals surface area contributed by atoms with Crippen molar-refractivity contribution in [3.05, 3.63) is 70.4 Å². The first-order chi connectivity index (χ1) is 10.5. The van der Waals surface area contributed by atoms with Crippen molar-refractivity contribution in [1.82, 2.24) is 0 Å². The molecule has 1 heterocycles. The van der Waals surface area contributed by atoms with E-state index in [9.17, 15) is 18.0 Å². The van der Waals surface area contributed by atoms with Gasteiger partial charge < -0.3 is 4.42 Å². The lowest BCUT2D eigenvalue weighted by Crippen LogP contribution is -2.20. The van der Waals surface area contributed by atoms with Gasteiger partial charge in [0.2, 0.25) is 0 Å². The van der Waals surface area contributed by atoms with Gasteiger partial charge in [-0.15, -0.1) is 0 Å². The Bertz CT molecular complexity index is 864. The van der Waals surface area contributed by atoms with Crippen molar-refractivity contribution in [2.24, 2.45) is 0 Å². The van der Waals surface area contributed by atoms with Crippen molar-refractivity contribution in [3.63, 3.8) is 0 Å². The molecule has 0 unspecified atom stereocenters. The van der Waals surface area contributed by atoms with E-state index in [0.717, 1.165) is 0 Å². The predicted molar refractivity (Wildman–Crippen MR) is 77.7 cm³/mol. The van der Waals surface area contributed by atoms with Gasteiger partial charge in [0, 0.05) is 5.56 Å². The highest BCUT2D eigenvalue weighted by Crippen LogP contribution is 2.30. The average Bonchev–Trinajstić information content (AvgIpc) is 2.50. The van der Waals surface area contributed by atoms with Crippen LogP contribution in [0.3, 0.4) is 0 Å². The zero-order chi connectivity index (χ0) is 15.7. The highest BCUT2D eigenvalue weighted by molar-refractivity contribution is 5.80. The maximum absolute atomic E-state index is 12.8. The number of alkyl halides is 3. The summed E-state index contributed by atoms with van der Waals surface area (Å²) in [6, 6.07) is 14.6. The summed E-state index contributed by atoms with van der Waals surface area (Å²) in [6.07, 6.45) is -5.80. The Morgan fingerprint density at radius 3 is 2.23 bits per heavy atom. The van der Waals surface area contributed by atoms with E-state index >= 15 is 0 Å². The van der Waals surface area contributed by atoms with Crippen molar-refractivity contribution in [1.29, 1.82) is 0 Å². The second-order valence-electron chi connectivity index (χ2n) is 4.89. The van der Waals surface area contributed by atoms with E-state index in [1.165, 1.54) is 6.07 Å². The molecule has 0 saturated heterocycles. The molecule has 0 aliphatic rings. The van der Waals surface area contributed by atoms with Crippen LogP contribution >= 0.6 is 0 Å². The van der Waals surface area contributed by atoms with Crippen molar-refractivity contribution in [2.75, 3.05) is 0 Å². The quantitative estimate of drug-likeness (QED) is 0.694. The summed E-state index contributed by atoms with van der Waals surface area (Å²) in [5.41, 5.74) is -0.280. The van der Waals surface area contributed by atoms with Gasteiger partial charge in [-0.1, -0.05) is 42.5 Å². The van der Waals surface area contributed by atoms with Gasteiger partial charge in [0.25, 0.3) is 0 Å². The molecule has 3 aromatic rings. The number of hydrogen-bond acceptors (Lipinski definition) is 2. The molecule has 112 valence electrons. The topological polar surface area (TPSA) is 30.2 Å². The van der Waals surface area contributed by atoms with E-state index in [2.05, 4.69) is 0 Å². The first kappa shape index (κ1) is 14.4. The zero-order valence-corrected chi connectivity index (χ0v) is 11.4. The SMILES string of the molecule is O=c1c(CC(F)(F)F)c(-c2ccccc2)oc2ccccc12. The van der Waals surface area contributed by atoms with Crippen LogP contribution in [-0.4, -0.2) is 6.18 Å². The molecule has 0 spiro atoms. The van der Waals surface area contributed by atoms with Crippen LogP contribution in [-0.2, 0) is 6.42 Å². The maximum atomic E-state index is 12.8. The Hall–Kier alpha value is -2.56. The third-order valence-corrected chi connectivity index (χ3v) is 3.31. The van der Waals surface area contributed by atoms with Crippen LogP contribution in [0.4, 0.5) is 13.2 Å². The smallest absolute Gasteiger partial charge is 0.393 e. The van der Waals surface area contributed by atoms with Crippen LogP contribution in [0, 0.1) is 0 Å². The van der Waals surface area contributed by atoms with Crippen molar-refractivity contribution < 1.29 is 17.6 Å². The van der Waals surface area contributed by atoms with Gasteiger partial charge in [-0.2, -0.15) is 13.2 Å². The van der Waals surface area contributed by atoms with Crippen LogP contribution in [0.2, 0.25) is 0 Å². The second kappa shape index (κ2) is 5.33. The largest absolute Gasteiger partial charge is 0.456 e. The Labute approximate surface area is 123 Å². The number of hydrogen-bond donors (Lipinski definition) is 0. The summed E-state index contributed by atoms with van der Waals surface area (Å²) in [6.45, 7) is 0. The molecule has 2 aromatic carbocycles. The predicted octanol–water partition coefficient (Wildman–Crippen LogP) is 4.56. The Morgan fingerprint density at radius 1 is 0.909 bits per heavy atom. The fourth-order valence-electron chi connectivity index (χ4n) is 2.36. The Morgan fingerprint density at radius 2 is 1.55 bits per heavy atom. The number of rotatable bonds is 2. The lowest BCUT2D eigenvalue weighted by atomic mass is 10.0. The number of benzene rings is 2. The van der Waals surface area contributed by atoms with Crippen LogP contribution in [0.25, 0.3) is 22.3 Å². The van der Waals surface area contributed by atoms with E-state index in [1.54, 1.807) is 48.5 Å². The molecule has 0 radical (unpaired) electrons. The monoisotopic (exact) mass is 304 g/mol. The Kier molecular flexibility index (Phi) is 3.48. The molecule has 2 nitrogen and oxygen atoms in total. The van der Waals surface area contributed by atoms with Gasteiger partial charge in [-0.25, -0.2) is 0 Å². The second-order valence-corrected chi connectivity index (χ2v) is 4.89. The van der Waals surface area contributed by atoms with Gasteiger partial charge in [-0.05, 0) is 12.1 Å². The van der Waals surface area contributed by atoms with Gasteiger partial charge in [0.15, 0.2) is 5.43 Å². The number of halogens is 3. The molecule has 0 aliphatic heterocycles. The average molecular weight is 304 g/mol. The normalized spacial score (nSPS) is 11.8. The summed E-state index contributed by atoms with van der Waals surface area (Å²) in [5, 5.41) is 0.154. The summed E-state index contributed by atoms with van der Waals surface area (Å²) in [7, 11) is 0. The molecule has 22 heavy (non-hydrogen) atoms. The molecule has 5 heteroatoms. The molecule has 0 bridgehead atoms. The zero-order valence-electron chi connectivity index (χ0n) is 11.4. The van der Waals surface area contributed by atoms with E-state index in [1.807, 2.05) is 0 Å². The molecular formula is C17H11F3O2. The first-order valence-corrected chi connectivity index (χ1v) is 6.62. The molecule has 0 fully saturated rings. The van der Waals surface area contributed by atoms with Crippen LogP contribution in [0.1, 0.15) is 5.56 Å². The van der Waals surface area contributed by atoms with Crippen LogP contribution in [0.15, 0.2) is 63.8 Å². The van der Waals surface area contributed by atoms with Gasteiger partial charge in [0.1, 0.15) is 11.3 Å². The summed E-state index contributed by atoms with van der Waals surface area (Å²) in [4.78, 5) is 12.4. The van der Waals surface area contributed by atoms with Gasteiger partial charge in [0.05, 0.1) is 17.4 Å². The highest BCUT2D eigenvalue weighted by Gasteiger charge is 2.32. The fourth-order valence-corrected chi connectivity index (χ4v) is 2.36. The van der Waals surface area contributed by atoms with Gasteiger partial charge in [-0.3, -0.25) is 4.79 Å². The molecule has 0 saturated carbocycles. The third kappa shape index (κ3) is 2.74. The molecular weight excluding hydrogens is 293 g/mol. The van der Waals surface area contributed by atoms with Crippen molar-refractivity contribution in [2.45, 2.75) is 12.6 Å². The van der Waals surface area contributed by atoms with Crippen LogP contribution < -0.4 is 5.43 Å². The maximum Gasteiger partial charge on any atom is 0.393 e. The summed E-state index contributed by atoms with van der Waals surface area (Å²) < 4.78 is 44.1. The standard InChI is InChI=1S/C17H11F3O2/c18-17(19,20)10-13-15(21)12-8-4-5-9-14(12)22-16(13)11-6-2-1-3-7-11/h1-9H,10H2. The first-order valence-electron chi connectivity index (χ1n) is 6.62. The molecule has 3 rings (SSSR count). The van der Waals surface area contributed by atoms with E-state index in [4.69, 9.17) is 4.42 Å². The fraction of sp³-hybridized carbons (Fsp3) is 0.118. The van der Waals surface area contributed by atoms with E-state index in [0.29, 0.717) is 5.56 Å². The summed E-state index contributed by atoms with van der Waals surface area (Å²) in [5.74, 6) is -0.0263. The van der Waals surface area contributed by atoms with Crippen molar-refractivity contribution in [3.8, 4) is 11.3 Å². The lowest BCUT2D eigenvalue weighted by Gasteiger charge is -2.12. The molecule has 0 N–H and O–H groups in total. The number of fused-ring (bicyclic) bond motifs is 1. The van der Waals surface area contributed by atoms with Crippen molar-refractivity contribution >= 4 is 11.0 Å². The minimum absolute atomic E-state index is 0.0263. The molecule has 0 aliphatic carbocycles. The molecule has 0 atom stereocenters. The van der Waals surface area contributed by atoms with Crippen LogP contribution in [0.5, 0.6) is 0 Å².